The fourth-order valence-corrected chi connectivity index (χ4v) is 5.04. The number of hydrogen-bond donors (Lipinski definition) is 0. The molecular formula is C19H19Cl2NO5S. The summed E-state index contributed by atoms with van der Waals surface area (Å²) in [7, 11) is -3.88. The van der Waals surface area contributed by atoms with Crippen LogP contribution in [0.4, 0.5) is 0 Å². The molecule has 1 aliphatic rings. The van der Waals surface area contributed by atoms with E-state index in [1.165, 1.54) is 16.4 Å². The molecule has 2 aromatic rings. The van der Waals surface area contributed by atoms with Crippen molar-refractivity contribution in [1.82, 2.24) is 4.31 Å². The number of benzene rings is 2. The second-order valence-corrected chi connectivity index (χ2v) is 9.00. The fraction of sp³-hybridized carbons (Fsp3) is 0.316. The summed E-state index contributed by atoms with van der Waals surface area (Å²) < 4.78 is 37.6. The first-order valence-electron chi connectivity index (χ1n) is 8.59. The van der Waals surface area contributed by atoms with Crippen molar-refractivity contribution in [1.29, 1.82) is 0 Å². The summed E-state index contributed by atoms with van der Waals surface area (Å²) in [6, 6.07) is 9.92. The number of esters is 1. The van der Waals surface area contributed by atoms with Gasteiger partial charge in [-0.2, -0.15) is 4.31 Å². The number of nitrogens with zero attached hydrogens (tertiary/aromatic N) is 1. The number of aryl methyl sites for hydroxylation is 1. The molecule has 1 aliphatic heterocycles. The maximum atomic E-state index is 12.9. The quantitative estimate of drug-likeness (QED) is 0.658. The van der Waals surface area contributed by atoms with Crippen LogP contribution in [0.3, 0.4) is 0 Å². The second-order valence-electron chi connectivity index (χ2n) is 6.28. The van der Waals surface area contributed by atoms with Crippen molar-refractivity contribution in [2.45, 2.75) is 18.4 Å². The Morgan fingerprint density at radius 1 is 1.14 bits per heavy atom. The molecule has 0 bridgehead atoms. The number of rotatable bonds is 5. The summed E-state index contributed by atoms with van der Waals surface area (Å²) in [5.41, 5.74) is 1.78. The van der Waals surface area contributed by atoms with Gasteiger partial charge in [-0.25, -0.2) is 13.2 Å². The van der Waals surface area contributed by atoms with E-state index >= 15 is 0 Å². The third-order valence-electron chi connectivity index (χ3n) is 4.45. The molecule has 6 nitrogen and oxygen atoms in total. The first-order chi connectivity index (χ1) is 13.3. The van der Waals surface area contributed by atoms with Gasteiger partial charge in [-0.1, -0.05) is 47.5 Å². The maximum absolute atomic E-state index is 12.9. The molecule has 0 radical (unpaired) electrons. The number of ether oxygens (including phenoxy) is 2. The average molecular weight is 444 g/mol. The summed E-state index contributed by atoms with van der Waals surface area (Å²) >= 11 is 12.3. The van der Waals surface area contributed by atoms with E-state index in [1.807, 2.05) is 31.2 Å². The van der Waals surface area contributed by atoms with Gasteiger partial charge in [0.1, 0.15) is 11.5 Å². The summed E-state index contributed by atoms with van der Waals surface area (Å²) in [5, 5.41) is -0.0207. The number of carbonyl (C=O) groups excluding carboxylic acids is 1. The molecule has 0 amide bonds. The minimum absolute atomic E-state index is 0.0284. The summed E-state index contributed by atoms with van der Waals surface area (Å²) in [6.07, 6.45) is 0. The Labute approximate surface area is 174 Å². The molecule has 0 atom stereocenters. The van der Waals surface area contributed by atoms with Crippen LogP contribution in [0.1, 0.15) is 21.5 Å². The van der Waals surface area contributed by atoms with Crippen molar-refractivity contribution in [3.8, 4) is 0 Å². The first-order valence-corrected chi connectivity index (χ1v) is 10.8. The van der Waals surface area contributed by atoms with Crippen LogP contribution in [0, 0.1) is 6.92 Å². The Kier molecular flexibility index (Phi) is 6.62. The van der Waals surface area contributed by atoms with E-state index in [9.17, 15) is 13.2 Å². The van der Waals surface area contributed by atoms with Gasteiger partial charge >= 0.3 is 5.97 Å². The van der Waals surface area contributed by atoms with Crippen LogP contribution in [0.5, 0.6) is 0 Å². The minimum atomic E-state index is -3.88. The Hall–Kier alpha value is -1.64. The molecule has 0 aromatic heterocycles. The van der Waals surface area contributed by atoms with Gasteiger partial charge < -0.3 is 9.47 Å². The van der Waals surface area contributed by atoms with Gasteiger partial charge in [-0.3, -0.25) is 0 Å². The third kappa shape index (κ3) is 4.50. The summed E-state index contributed by atoms with van der Waals surface area (Å²) in [6.45, 7) is 3.00. The van der Waals surface area contributed by atoms with Crippen LogP contribution < -0.4 is 0 Å². The topological polar surface area (TPSA) is 72.9 Å². The molecule has 1 heterocycles. The Morgan fingerprint density at radius 2 is 1.82 bits per heavy atom. The Morgan fingerprint density at radius 3 is 2.50 bits per heavy atom. The van der Waals surface area contributed by atoms with Gasteiger partial charge in [0.2, 0.25) is 10.0 Å². The molecule has 2 aromatic carbocycles. The fourth-order valence-electron chi connectivity index (χ4n) is 2.80. The van der Waals surface area contributed by atoms with E-state index in [4.69, 9.17) is 32.7 Å². The van der Waals surface area contributed by atoms with Crippen molar-refractivity contribution in [2.24, 2.45) is 0 Å². The van der Waals surface area contributed by atoms with Crippen molar-refractivity contribution in [2.75, 3.05) is 26.3 Å². The Bertz CT molecular complexity index is 988. The van der Waals surface area contributed by atoms with Crippen molar-refractivity contribution in [3.63, 3.8) is 0 Å². The van der Waals surface area contributed by atoms with E-state index < -0.39 is 16.0 Å². The summed E-state index contributed by atoms with van der Waals surface area (Å²) in [4.78, 5) is 12.4. The van der Waals surface area contributed by atoms with Gasteiger partial charge in [0.25, 0.3) is 0 Å². The molecule has 0 aliphatic carbocycles. The molecule has 0 saturated carbocycles. The SMILES string of the molecule is Cc1ccccc1COC(=O)c1cc(S(=O)(=O)N2CCOCC2)c(Cl)cc1Cl. The summed E-state index contributed by atoms with van der Waals surface area (Å²) in [5.74, 6) is -0.719. The monoisotopic (exact) mass is 443 g/mol. The molecule has 1 fully saturated rings. The molecule has 28 heavy (non-hydrogen) atoms. The number of carbonyl (C=O) groups is 1. The smallest absolute Gasteiger partial charge is 0.340 e. The van der Waals surface area contributed by atoms with Crippen molar-refractivity contribution >= 4 is 39.2 Å². The molecular weight excluding hydrogens is 425 g/mol. The lowest BCUT2D eigenvalue weighted by molar-refractivity contribution is 0.0472. The molecule has 0 spiro atoms. The highest BCUT2D eigenvalue weighted by Crippen LogP contribution is 2.31. The average Bonchev–Trinajstić information content (AvgIpc) is 2.67. The molecule has 0 N–H and O–H groups in total. The number of hydrogen-bond acceptors (Lipinski definition) is 5. The number of morpholine rings is 1. The molecule has 9 heteroatoms. The molecule has 3 rings (SSSR count). The predicted molar refractivity (Wildman–Crippen MR) is 106 cm³/mol. The second kappa shape index (κ2) is 8.80. The standard InChI is InChI=1S/C19H19Cl2NO5S/c1-13-4-2-3-5-14(13)12-27-19(23)15-10-18(17(21)11-16(15)20)28(24,25)22-6-8-26-9-7-22/h2-5,10-11H,6-9,12H2,1H3. The lowest BCUT2D eigenvalue weighted by Crippen LogP contribution is -2.40. The van der Waals surface area contributed by atoms with Crippen LogP contribution >= 0.6 is 23.2 Å². The zero-order chi connectivity index (χ0) is 20.3. The van der Waals surface area contributed by atoms with Crippen molar-refractivity contribution < 1.29 is 22.7 Å². The van der Waals surface area contributed by atoms with Gasteiger partial charge in [0.15, 0.2) is 0 Å². The maximum Gasteiger partial charge on any atom is 0.340 e. The highest BCUT2D eigenvalue weighted by molar-refractivity contribution is 7.89. The van der Waals surface area contributed by atoms with E-state index in [0.717, 1.165) is 11.1 Å². The molecule has 1 saturated heterocycles. The normalized spacial score (nSPS) is 15.4. The highest BCUT2D eigenvalue weighted by atomic mass is 35.5. The van der Waals surface area contributed by atoms with Crippen LogP contribution in [-0.2, 0) is 26.1 Å². The lowest BCUT2D eigenvalue weighted by atomic mass is 10.1. The van der Waals surface area contributed by atoms with E-state index in [0.29, 0.717) is 13.2 Å². The Balaban J connectivity index is 1.86. The third-order valence-corrected chi connectivity index (χ3v) is 7.13. The van der Waals surface area contributed by atoms with Crippen LogP contribution in [0.2, 0.25) is 10.0 Å². The first kappa shape index (κ1) is 21.1. The predicted octanol–water partition coefficient (Wildman–Crippen LogP) is 3.68. The largest absolute Gasteiger partial charge is 0.457 e. The zero-order valence-electron chi connectivity index (χ0n) is 15.2. The van der Waals surface area contributed by atoms with Gasteiger partial charge in [-0.05, 0) is 30.2 Å². The van der Waals surface area contributed by atoms with Crippen LogP contribution in [-0.4, -0.2) is 45.0 Å². The minimum Gasteiger partial charge on any atom is -0.457 e. The van der Waals surface area contributed by atoms with E-state index in [2.05, 4.69) is 0 Å². The van der Waals surface area contributed by atoms with E-state index in [1.54, 1.807) is 0 Å². The molecule has 150 valence electrons. The van der Waals surface area contributed by atoms with Gasteiger partial charge in [0.05, 0.1) is 28.8 Å². The zero-order valence-corrected chi connectivity index (χ0v) is 17.5. The van der Waals surface area contributed by atoms with Gasteiger partial charge in [0, 0.05) is 13.1 Å². The number of sulfonamides is 1. The van der Waals surface area contributed by atoms with Gasteiger partial charge in [-0.15, -0.1) is 0 Å². The number of halogens is 2. The molecule has 0 unspecified atom stereocenters. The lowest BCUT2D eigenvalue weighted by Gasteiger charge is -2.26. The highest BCUT2D eigenvalue weighted by Gasteiger charge is 2.30. The van der Waals surface area contributed by atoms with E-state index in [-0.39, 0.29) is 40.2 Å². The van der Waals surface area contributed by atoms with Crippen LogP contribution in [0.25, 0.3) is 0 Å². The van der Waals surface area contributed by atoms with Crippen LogP contribution in [0.15, 0.2) is 41.3 Å². The van der Waals surface area contributed by atoms with Crippen molar-refractivity contribution in [3.05, 3.63) is 63.1 Å².